The molecule has 4 aromatic rings. The van der Waals surface area contributed by atoms with Gasteiger partial charge in [0.15, 0.2) is 5.82 Å². The molecule has 0 fully saturated rings. The number of halogens is 2. The molecule has 0 radical (unpaired) electrons. The van der Waals surface area contributed by atoms with Crippen LogP contribution in [0.5, 0.6) is 0 Å². The highest BCUT2D eigenvalue weighted by molar-refractivity contribution is 6.34. The lowest BCUT2D eigenvalue weighted by Gasteiger charge is -2.21. The molecule has 3 aromatic heterocycles. The summed E-state index contributed by atoms with van der Waals surface area (Å²) in [5, 5.41) is 23.6. The predicted molar refractivity (Wildman–Crippen MR) is 131 cm³/mol. The summed E-state index contributed by atoms with van der Waals surface area (Å²) in [4.78, 5) is 28.3. The van der Waals surface area contributed by atoms with Crippen LogP contribution < -0.4 is 5.32 Å². The minimum atomic E-state index is -1.24. The molecule has 180 valence electrons. The summed E-state index contributed by atoms with van der Waals surface area (Å²) in [5.41, 5.74) is 1.26. The number of aromatic nitrogens is 4. The molecular weight excluding hydrogens is 473 g/mol. The van der Waals surface area contributed by atoms with Gasteiger partial charge in [0.25, 0.3) is 0 Å². The third kappa shape index (κ3) is 5.06. The topological polar surface area (TPSA) is 121 Å². The first-order chi connectivity index (χ1) is 16.6. The third-order valence-corrected chi connectivity index (χ3v) is 5.79. The van der Waals surface area contributed by atoms with E-state index >= 15 is 0 Å². The zero-order valence-corrected chi connectivity index (χ0v) is 20.0. The van der Waals surface area contributed by atoms with Crippen LogP contribution in [-0.4, -0.2) is 36.1 Å². The van der Waals surface area contributed by atoms with Crippen LogP contribution in [-0.2, 0) is 5.60 Å². The van der Waals surface area contributed by atoms with E-state index in [1.807, 2.05) is 25.1 Å². The van der Waals surface area contributed by atoms with E-state index in [0.717, 1.165) is 23.3 Å². The zero-order valence-electron chi connectivity index (χ0n) is 19.3. The Balaban J connectivity index is 1.77. The van der Waals surface area contributed by atoms with Crippen molar-refractivity contribution in [3.05, 3.63) is 77.0 Å². The van der Waals surface area contributed by atoms with Crippen LogP contribution in [0, 0.1) is 5.82 Å². The number of nitrogens with zero attached hydrogens (tertiary/aromatic N) is 4. The van der Waals surface area contributed by atoms with Gasteiger partial charge in [-0.25, -0.2) is 24.1 Å². The van der Waals surface area contributed by atoms with Gasteiger partial charge >= 0.3 is 5.97 Å². The molecule has 0 aliphatic rings. The second kappa shape index (κ2) is 9.52. The zero-order chi connectivity index (χ0) is 25.3. The van der Waals surface area contributed by atoms with Gasteiger partial charge in [0.2, 0.25) is 0 Å². The Morgan fingerprint density at radius 1 is 1.11 bits per heavy atom. The van der Waals surface area contributed by atoms with Crippen LogP contribution >= 0.6 is 11.6 Å². The van der Waals surface area contributed by atoms with Gasteiger partial charge in [-0.3, -0.25) is 4.98 Å². The number of anilines is 1. The number of benzene rings is 1. The third-order valence-electron chi connectivity index (χ3n) is 5.50. The Labute approximate surface area is 205 Å². The van der Waals surface area contributed by atoms with Gasteiger partial charge < -0.3 is 15.5 Å². The molecule has 8 nitrogen and oxygen atoms in total. The van der Waals surface area contributed by atoms with Gasteiger partial charge in [0, 0.05) is 29.5 Å². The van der Waals surface area contributed by atoms with Crippen molar-refractivity contribution in [2.45, 2.75) is 38.8 Å². The first-order valence-electron chi connectivity index (χ1n) is 10.9. The summed E-state index contributed by atoms with van der Waals surface area (Å²) < 4.78 is 14.6. The molecular formula is C25H23ClFN5O3. The highest BCUT2D eigenvalue weighted by atomic mass is 35.5. The second-order valence-electron chi connectivity index (χ2n) is 8.54. The van der Waals surface area contributed by atoms with Gasteiger partial charge in [0.1, 0.15) is 17.1 Å². The van der Waals surface area contributed by atoms with E-state index in [9.17, 15) is 19.4 Å². The fourth-order valence-corrected chi connectivity index (χ4v) is 3.85. The van der Waals surface area contributed by atoms with Crippen LogP contribution in [0.25, 0.3) is 22.0 Å². The van der Waals surface area contributed by atoms with Gasteiger partial charge in [-0.2, -0.15) is 0 Å². The number of hydrogen-bond donors (Lipinski definition) is 3. The quantitative estimate of drug-likeness (QED) is 0.313. The first kappa shape index (κ1) is 24.4. The number of aromatic carboxylic acids is 1. The summed E-state index contributed by atoms with van der Waals surface area (Å²) in [6.45, 7) is 5.05. The second-order valence-corrected chi connectivity index (χ2v) is 8.95. The molecule has 0 saturated carbocycles. The lowest BCUT2D eigenvalue weighted by atomic mass is 10.0. The molecule has 0 aliphatic carbocycles. The van der Waals surface area contributed by atoms with E-state index in [0.29, 0.717) is 33.9 Å². The number of carbonyl (C=O) groups is 1. The Kier molecular flexibility index (Phi) is 6.64. The number of nitrogens with one attached hydrogen (secondary N) is 1. The molecule has 0 aliphatic heterocycles. The highest BCUT2D eigenvalue weighted by Gasteiger charge is 2.22. The number of pyridine rings is 2. The van der Waals surface area contributed by atoms with Crippen molar-refractivity contribution in [1.82, 2.24) is 19.9 Å². The number of carboxylic acids is 1. The summed E-state index contributed by atoms with van der Waals surface area (Å²) in [6, 6.07) is 7.13. The number of hydrogen-bond acceptors (Lipinski definition) is 7. The van der Waals surface area contributed by atoms with Crippen molar-refractivity contribution < 1.29 is 19.4 Å². The van der Waals surface area contributed by atoms with Crippen molar-refractivity contribution in [1.29, 1.82) is 0 Å². The van der Waals surface area contributed by atoms with Crippen molar-refractivity contribution >= 4 is 34.2 Å². The van der Waals surface area contributed by atoms with Gasteiger partial charge in [-0.1, -0.05) is 24.6 Å². The molecule has 1 atom stereocenters. The number of rotatable bonds is 7. The van der Waals surface area contributed by atoms with Crippen LogP contribution in [0.15, 0.2) is 48.9 Å². The standard InChI is InChI=1S/C25H23ClFN5O3/c1-4-18(22-17(27)6-8-20(32-22)23(33)34)31-21-15-9-13(5-7-19(15)28-12-16(21)26)14-10-29-24(30-11-14)25(2,3)35/h5-12,18,35H,4H2,1-3H3,(H,28,31)(H,33,34). The summed E-state index contributed by atoms with van der Waals surface area (Å²) in [7, 11) is 0. The van der Waals surface area contributed by atoms with Crippen LogP contribution in [0.1, 0.15) is 55.2 Å². The smallest absolute Gasteiger partial charge is 0.354 e. The normalized spacial score (nSPS) is 12.5. The molecule has 10 heteroatoms. The van der Waals surface area contributed by atoms with Crippen LogP contribution in [0.3, 0.4) is 0 Å². The molecule has 1 aromatic carbocycles. The van der Waals surface area contributed by atoms with E-state index in [2.05, 4.69) is 25.3 Å². The molecule has 4 rings (SSSR count). The highest BCUT2D eigenvalue weighted by Crippen LogP contribution is 2.36. The average molecular weight is 496 g/mol. The Morgan fingerprint density at radius 2 is 1.83 bits per heavy atom. The minimum absolute atomic E-state index is 0.0137. The van der Waals surface area contributed by atoms with E-state index in [4.69, 9.17) is 11.6 Å². The molecule has 0 saturated heterocycles. The van der Waals surface area contributed by atoms with Crippen LogP contribution in [0.4, 0.5) is 10.1 Å². The maximum absolute atomic E-state index is 14.6. The molecule has 0 spiro atoms. The van der Waals surface area contributed by atoms with Crippen molar-refractivity contribution in [2.75, 3.05) is 5.32 Å². The van der Waals surface area contributed by atoms with E-state index in [-0.39, 0.29) is 11.4 Å². The van der Waals surface area contributed by atoms with Crippen molar-refractivity contribution in [3.63, 3.8) is 0 Å². The van der Waals surface area contributed by atoms with Crippen molar-refractivity contribution in [2.24, 2.45) is 0 Å². The van der Waals surface area contributed by atoms with E-state index in [1.165, 1.54) is 6.20 Å². The molecule has 3 N–H and O–H groups in total. The molecule has 0 bridgehead atoms. The lowest BCUT2D eigenvalue weighted by molar-refractivity contribution is 0.0681. The molecule has 0 amide bonds. The van der Waals surface area contributed by atoms with E-state index < -0.39 is 23.4 Å². The SMILES string of the molecule is CCC(Nc1c(Cl)cnc2ccc(-c3cnc(C(C)(C)O)nc3)cc12)c1nc(C(=O)O)ccc1F. The van der Waals surface area contributed by atoms with Crippen LogP contribution in [0.2, 0.25) is 5.02 Å². The Hall–Kier alpha value is -3.69. The van der Waals surface area contributed by atoms with Gasteiger partial charge in [-0.15, -0.1) is 0 Å². The van der Waals surface area contributed by atoms with Crippen molar-refractivity contribution in [3.8, 4) is 11.1 Å². The largest absolute Gasteiger partial charge is 0.477 e. The number of carboxylic acid groups (broad SMARTS) is 1. The van der Waals surface area contributed by atoms with Gasteiger partial charge in [0.05, 0.1) is 28.0 Å². The monoisotopic (exact) mass is 495 g/mol. The molecule has 35 heavy (non-hydrogen) atoms. The first-order valence-corrected chi connectivity index (χ1v) is 11.3. The maximum atomic E-state index is 14.6. The Morgan fingerprint density at radius 3 is 2.46 bits per heavy atom. The molecule has 3 heterocycles. The average Bonchev–Trinajstić information content (AvgIpc) is 2.83. The maximum Gasteiger partial charge on any atom is 0.354 e. The molecule has 1 unspecified atom stereocenters. The minimum Gasteiger partial charge on any atom is -0.477 e. The van der Waals surface area contributed by atoms with E-state index in [1.54, 1.807) is 26.2 Å². The Bertz CT molecular complexity index is 1410. The predicted octanol–water partition coefficient (Wildman–Crippen LogP) is 5.37. The number of fused-ring (bicyclic) bond motifs is 1. The number of aliphatic hydroxyl groups is 1. The lowest BCUT2D eigenvalue weighted by Crippen LogP contribution is -2.19. The summed E-state index contributed by atoms with van der Waals surface area (Å²) in [5.74, 6) is -1.55. The summed E-state index contributed by atoms with van der Waals surface area (Å²) >= 11 is 6.50. The fourth-order valence-electron chi connectivity index (χ4n) is 3.65. The fraction of sp³-hybridized carbons (Fsp3) is 0.240. The summed E-state index contributed by atoms with van der Waals surface area (Å²) in [6.07, 6.45) is 5.16. The van der Waals surface area contributed by atoms with Gasteiger partial charge in [-0.05, 0) is 50.1 Å².